The van der Waals surface area contributed by atoms with E-state index in [4.69, 9.17) is 0 Å². The Morgan fingerprint density at radius 2 is 2.00 bits per heavy atom. The Labute approximate surface area is 120 Å². The lowest BCUT2D eigenvalue weighted by Gasteiger charge is -2.08. The first-order valence-electron chi connectivity index (χ1n) is 7.42. The van der Waals surface area contributed by atoms with Crippen LogP contribution in [0.5, 0.6) is 0 Å². The van der Waals surface area contributed by atoms with Crippen molar-refractivity contribution < 1.29 is 0 Å². The highest BCUT2D eigenvalue weighted by atomic mass is 15.3. The minimum atomic E-state index is 0.611. The average molecular weight is 273 g/mol. The fourth-order valence-electron chi connectivity index (χ4n) is 2.88. The Kier molecular flexibility index (Phi) is 3.51. The molecule has 1 fully saturated rings. The second-order valence-electron chi connectivity index (χ2n) is 5.81. The Morgan fingerprint density at radius 1 is 1.25 bits per heavy atom. The van der Waals surface area contributed by atoms with Gasteiger partial charge in [-0.2, -0.15) is 10.2 Å². The van der Waals surface area contributed by atoms with E-state index in [1.807, 2.05) is 11.7 Å². The van der Waals surface area contributed by atoms with Gasteiger partial charge in [-0.15, -0.1) is 0 Å². The third-order valence-electron chi connectivity index (χ3n) is 4.29. The largest absolute Gasteiger partial charge is 0.364 e. The molecular formula is C15H23N5. The van der Waals surface area contributed by atoms with Gasteiger partial charge in [-0.1, -0.05) is 12.8 Å². The van der Waals surface area contributed by atoms with E-state index in [-0.39, 0.29) is 0 Å². The van der Waals surface area contributed by atoms with Crippen molar-refractivity contribution in [2.45, 2.75) is 52.1 Å². The second-order valence-corrected chi connectivity index (χ2v) is 5.81. The summed E-state index contributed by atoms with van der Waals surface area (Å²) in [6.07, 6.45) is 7.42. The highest BCUT2D eigenvalue weighted by molar-refractivity contribution is 5.37. The van der Waals surface area contributed by atoms with E-state index >= 15 is 0 Å². The Bertz CT molecular complexity index is 570. The minimum absolute atomic E-state index is 0.611. The fourth-order valence-corrected chi connectivity index (χ4v) is 2.88. The van der Waals surface area contributed by atoms with Crippen LogP contribution in [0.25, 0.3) is 0 Å². The molecule has 0 unspecified atom stereocenters. The van der Waals surface area contributed by atoms with Crippen LogP contribution < -0.4 is 5.32 Å². The molecule has 0 spiro atoms. The minimum Gasteiger partial charge on any atom is -0.364 e. The summed E-state index contributed by atoms with van der Waals surface area (Å²) < 4.78 is 4.06. The molecule has 20 heavy (non-hydrogen) atoms. The Hall–Kier alpha value is -1.78. The van der Waals surface area contributed by atoms with Crippen LogP contribution in [-0.4, -0.2) is 19.6 Å². The smallest absolute Gasteiger partial charge is 0.148 e. The van der Waals surface area contributed by atoms with Crippen molar-refractivity contribution in [2.24, 2.45) is 7.05 Å². The van der Waals surface area contributed by atoms with Gasteiger partial charge < -0.3 is 5.32 Å². The van der Waals surface area contributed by atoms with Crippen LogP contribution in [0, 0.1) is 13.8 Å². The summed E-state index contributed by atoms with van der Waals surface area (Å²) in [7, 11) is 1.96. The number of aromatic nitrogens is 4. The normalized spacial score (nSPS) is 15.9. The van der Waals surface area contributed by atoms with Crippen LogP contribution in [0.4, 0.5) is 5.82 Å². The molecule has 0 radical (unpaired) electrons. The van der Waals surface area contributed by atoms with Gasteiger partial charge in [0, 0.05) is 37.1 Å². The summed E-state index contributed by atoms with van der Waals surface area (Å²) in [5.74, 6) is 0.929. The molecule has 0 amide bonds. The van der Waals surface area contributed by atoms with Crippen molar-refractivity contribution in [1.82, 2.24) is 19.6 Å². The maximum absolute atomic E-state index is 4.68. The van der Waals surface area contributed by atoms with Crippen molar-refractivity contribution in [3.63, 3.8) is 0 Å². The average Bonchev–Trinajstić information content (AvgIpc) is 3.10. The van der Waals surface area contributed by atoms with E-state index in [9.17, 15) is 0 Å². The molecular weight excluding hydrogens is 250 g/mol. The number of hydrogen-bond acceptors (Lipinski definition) is 3. The third-order valence-corrected chi connectivity index (χ3v) is 4.29. The molecule has 2 aromatic heterocycles. The number of anilines is 1. The summed E-state index contributed by atoms with van der Waals surface area (Å²) >= 11 is 0. The first-order chi connectivity index (χ1) is 9.63. The molecule has 2 aromatic rings. The number of nitrogens with zero attached hydrogens (tertiary/aromatic N) is 4. The van der Waals surface area contributed by atoms with Crippen LogP contribution in [-0.2, 0) is 13.6 Å². The molecule has 2 heterocycles. The van der Waals surface area contributed by atoms with E-state index in [1.165, 1.54) is 31.2 Å². The highest BCUT2D eigenvalue weighted by Crippen LogP contribution is 2.29. The molecule has 0 atom stereocenters. The van der Waals surface area contributed by atoms with Gasteiger partial charge in [-0.3, -0.25) is 9.36 Å². The number of aryl methyl sites for hydroxylation is 3. The van der Waals surface area contributed by atoms with Gasteiger partial charge in [0.05, 0.1) is 11.7 Å². The summed E-state index contributed by atoms with van der Waals surface area (Å²) in [5.41, 5.74) is 3.54. The standard InChI is InChI=1S/C15H23N5/c1-11-8-15(18-19(11)3)16-9-13-10-20(17-12(13)2)14-6-4-5-7-14/h8,10,14H,4-7,9H2,1-3H3,(H,16,18). The fraction of sp³-hybridized carbons (Fsp3) is 0.600. The van der Waals surface area contributed by atoms with Gasteiger partial charge in [0.25, 0.3) is 0 Å². The summed E-state index contributed by atoms with van der Waals surface area (Å²) in [5, 5.41) is 12.5. The van der Waals surface area contributed by atoms with Crippen LogP contribution >= 0.6 is 0 Å². The highest BCUT2D eigenvalue weighted by Gasteiger charge is 2.18. The van der Waals surface area contributed by atoms with E-state index in [2.05, 4.69) is 46.3 Å². The zero-order chi connectivity index (χ0) is 14.1. The van der Waals surface area contributed by atoms with Crippen molar-refractivity contribution >= 4 is 5.82 Å². The lowest BCUT2D eigenvalue weighted by Crippen LogP contribution is -2.05. The van der Waals surface area contributed by atoms with Gasteiger partial charge in [0.2, 0.25) is 0 Å². The van der Waals surface area contributed by atoms with E-state index < -0.39 is 0 Å². The molecule has 1 saturated carbocycles. The lowest BCUT2D eigenvalue weighted by atomic mass is 10.2. The molecule has 1 N–H and O–H groups in total. The molecule has 108 valence electrons. The van der Waals surface area contributed by atoms with Gasteiger partial charge in [-0.05, 0) is 26.7 Å². The lowest BCUT2D eigenvalue weighted by molar-refractivity contribution is 0.464. The van der Waals surface area contributed by atoms with Crippen molar-refractivity contribution in [1.29, 1.82) is 0 Å². The molecule has 1 aliphatic rings. The van der Waals surface area contributed by atoms with Crippen LogP contribution in [0.1, 0.15) is 48.7 Å². The zero-order valence-corrected chi connectivity index (χ0v) is 12.6. The predicted molar refractivity (Wildman–Crippen MR) is 79.7 cm³/mol. The Balaban J connectivity index is 1.67. The van der Waals surface area contributed by atoms with Gasteiger partial charge in [-0.25, -0.2) is 0 Å². The monoisotopic (exact) mass is 273 g/mol. The summed E-state index contributed by atoms with van der Waals surface area (Å²) in [6, 6.07) is 2.68. The number of rotatable bonds is 4. The van der Waals surface area contributed by atoms with Crippen molar-refractivity contribution in [3.8, 4) is 0 Å². The van der Waals surface area contributed by atoms with Crippen LogP contribution in [0.3, 0.4) is 0 Å². The molecule has 0 saturated heterocycles. The zero-order valence-electron chi connectivity index (χ0n) is 12.6. The van der Waals surface area contributed by atoms with Gasteiger partial charge >= 0.3 is 0 Å². The number of nitrogens with one attached hydrogen (secondary N) is 1. The van der Waals surface area contributed by atoms with E-state index in [0.717, 1.165) is 23.8 Å². The molecule has 5 heteroatoms. The molecule has 0 aliphatic heterocycles. The number of hydrogen-bond donors (Lipinski definition) is 1. The van der Waals surface area contributed by atoms with E-state index in [0.29, 0.717) is 6.04 Å². The summed E-state index contributed by atoms with van der Waals surface area (Å²) in [6.45, 7) is 4.93. The maximum Gasteiger partial charge on any atom is 0.148 e. The second kappa shape index (κ2) is 5.31. The first kappa shape index (κ1) is 13.2. The molecule has 0 aromatic carbocycles. The molecule has 0 bridgehead atoms. The predicted octanol–water partition coefficient (Wildman–Crippen LogP) is 2.96. The van der Waals surface area contributed by atoms with Gasteiger partial charge in [0.1, 0.15) is 5.82 Å². The molecule has 3 rings (SSSR count). The molecule has 1 aliphatic carbocycles. The van der Waals surface area contributed by atoms with Crippen molar-refractivity contribution in [2.75, 3.05) is 5.32 Å². The quantitative estimate of drug-likeness (QED) is 0.931. The SMILES string of the molecule is Cc1nn(C2CCCC2)cc1CNc1cc(C)n(C)n1. The Morgan fingerprint density at radius 3 is 2.65 bits per heavy atom. The molecule has 5 nitrogen and oxygen atoms in total. The first-order valence-corrected chi connectivity index (χ1v) is 7.42. The van der Waals surface area contributed by atoms with Crippen LogP contribution in [0.15, 0.2) is 12.3 Å². The van der Waals surface area contributed by atoms with E-state index in [1.54, 1.807) is 0 Å². The topological polar surface area (TPSA) is 47.7 Å². The van der Waals surface area contributed by atoms with Gasteiger partial charge in [0.15, 0.2) is 0 Å². The third kappa shape index (κ3) is 2.57. The maximum atomic E-state index is 4.68. The summed E-state index contributed by atoms with van der Waals surface area (Å²) in [4.78, 5) is 0. The van der Waals surface area contributed by atoms with Crippen LogP contribution in [0.2, 0.25) is 0 Å². The van der Waals surface area contributed by atoms with Crippen molar-refractivity contribution in [3.05, 3.63) is 29.2 Å².